The Morgan fingerprint density at radius 1 is 1.39 bits per heavy atom. The van der Waals surface area contributed by atoms with Gasteiger partial charge in [-0.1, -0.05) is 20.8 Å². The van der Waals surface area contributed by atoms with Crippen molar-refractivity contribution in [1.82, 2.24) is 0 Å². The summed E-state index contributed by atoms with van der Waals surface area (Å²) in [5.41, 5.74) is 0.566. The molecule has 2 rings (SSSR count). The van der Waals surface area contributed by atoms with Crippen LogP contribution in [0.2, 0.25) is 0 Å². The Morgan fingerprint density at radius 2 is 2.06 bits per heavy atom. The van der Waals surface area contributed by atoms with E-state index < -0.39 is 11.9 Å². The van der Waals surface area contributed by atoms with Gasteiger partial charge in [0, 0.05) is 11.5 Å². The first-order valence-corrected chi connectivity index (χ1v) is 5.99. The number of aromatic hydroxyl groups is 1. The molecule has 4 nitrogen and oxygen atoms in total. The molecule has 0 radical (unpaired) electrons. The van der Waals surface area contributed by atoms with Crippen molar-refractivity contribution in [2.75, 3.05) is 6.61 Å². The third-order valence-corrected chi connectivity index (χ3v) is 3.40. The number of carboxylic acid groups (broad SMARTS) is 1. The second-order valence-electron chi connectivity index (χ2n) is 5.82. The molecule has 0 amide bonds. The van der Waals surface area contributed by atoms with Gasteiger partial charge in [0.05, 0.1) is 5.92 Å². The van der Waals surface area contributed by atoms with Crippen molar-refractivity contribution in [3.8, 4) is 11.5 Å². The van der Waals surface area contributed by atoms with Crippen LogP contribution in [0.25, 0.3) is 0 Å². The van der Waals surface area contributed by atoms with E-state index in [1.807, 2.05) is 20.8 Å². The number of fused-ring (bicyclic) bond motifs is 1. The van der Waals surface area contributed by atoms with Crippen molar-refractivity contribution in [3.63, 3.8) is 0 Å². The largest absolute Gasteiger partial charge is 0.508 e. The lowest BCUT2D eigenvalue weighted by Crippen LogP contribution is -2.38. The molecule has 0 aromatic heterocycles. The topological polar surface area (TPSA) is 66.8 Å². The van der Waals surface area contributed by atoms with Gasteiger partial charge >= 0.3 is 5.97 Å². The number of hydrogen-bond acceptors (Lipinski definition) is 3. The van der Waals surface area contributed by atoms with Crippen LogP contribution in [0.15, 0.2) is 18.2 Å². The van der Waals surface area contributed by atoms with Gasteiger partial charge in [-0.25, -0.2) is 0 Å². The molecular formula is C14H18O4. The van der Waals surface area contributed by atoms with Gasteiger partial charge in [-0.3, -0.25) is 4.79 Å². The molecule has 0 fully saturated rings. The standard InChI is InChI=1S/C14H18O4/c1-14(2,3)12-9-6-8(15)4-5-11(9)18-7-10(12)13(16)17/h4-6,10,12,15H,7H2,1-3H3,(H,16,17). The van der Waals surface area contributed by atoms with E-state index >= 15 is 0 Å². The van der Waals surface area contributed by atoms with E-state index in [9.17, 15) is 15.0 Å². The molecule has 1 aliphatic rings. The Bertz CT molecular complexity index is 473. The summed E-state index contributed by atoms with van der Waals surface area (Å²) in [6.45, 7) is 6.20. The van der Waals surface area contributed by atoms with Gasteiger partial charge in [-0.15, -0.1) is 0 Å². The first kappa shape index (κ1) is 12.7. The van der Waals surface area contributed by atoms with Crippen molar-refractivity contribution in [1.29, 1.82) is 0 Å². The Labute approximate surface area is 106 Å². The molecule has 2 unspecified atom stereocenters. The lowest BCUT2D eigenvalue weighted by Gasteiger charge is -2.39. The highest BCUT2D eigenvalue weighted by atomic mass is 16.5. The molecule has 0 saturated heterocycles. The summed E-state index contributed by atoms with van der Waals surface area (Å²) < 4.78 is 5.49. The van der Waals surface area contributed by atoms with Crippen LogP contribution >= 0.6 is 0 Å². The summed E-state index contributed by atoms with van der Waals surface area (Å²) >= 11 is 0. The molecular weight excluding hydrogens is 232 g/mol. The number of carbonyl (C=O) groups is 1. The molecule has 4 heteroatoms. The maximum Gasteiger partial charge on any atom is 0.310 e. The van der Waals surface area contributed by atoms with Gasteiger partial charge in [0.1, 0.15) is 18.1 Å². The second kappa shape index (κ2) is 4.19. The van der Waals surface area contributed by atoms with Crippen LogP contribution in [0.1, 0.15) is 32.3 Å². The summed E-state index contributed by atoms with van der Waals surface area (Å²) in [6, 6.07) is 4.86. The third kappa shape index (κ3) is 2.15. The van der Waals surface area contributed by atoms with Gasteiger partial charge in [0.2, 0.25) is 0 Å². The van der Waals surface area contributed by atoms with Gasteiger partial charge in [-0.05, 0) is 23.6 Å². The molecule has 0 bridgehead atoms. The summed E-state index contributed by atoms with van der Waals surface area (Å²) in [5, 5.41) is 18.9. The lowest BCUT2D eigenvalue weighted by molar-refractivity contribution is -0.145. The normalized spacial score (nSPS) is 23.1. The van der Waals surface area contributed by atoms with Crippen LogP contribution in [0.5, 0.6) is 11.5 Å². The molecule has 0 saturated carbocycles. The molecule has 2 N–H and O–H groups in total. The van der Waals surface area contributed by atoms with E-state index in [4.69, 9.17) is 4.74 Å². The van der Waals surface area contributed by atoms with Crippen molar-refractivity contribution in [2.24, 2.45) is 11.3 Å². The highest BCUT2D eigenvalue weighted by molar-refractivity contribution is 5.73. The number of ether oxygens (including phenoxy) is 1. The zero-order valence-electron chi connectivity index (χ0n) is 10.8. The van der Waals surface area contributed by atoms with Crippen LogP contribution in [0, 0.1) is 11.3 Å². The van der Waals surface area contributed by atoms with E-state index in [-0.39, 0.29) is 23.7 Å². The summed E-state index contributed by atoms with van der Waals surface area (Å²) in [5.74, 6) is -0.808. The summed E-state index contributed by atoms with van der Waals surface area (Å²) in [6.07, 6.45) is 0. The van der Waals surface area contributed by atoms with Crippen LogP contribution < -0.4 is 4.74 Å². The predicted octanol–water partition coefficient (Wildman–Crippen LogP) is 2.62. The zero-order valence-corrected chi connectivity index (χ0v) is 10.8. The Morgan fingerprint density at radius 3 is 2.61 bits per heavy atom. The predicted molar refractivity (Wildman–Crippen MR) is 66.9 cm³/mol. The maximum atomic E-state index is 11.4. The molecule has 18 heavy (non-hydrogen) atoms. The minimum absolute atomic E-state index is 0.137. The van der Waals surface area contributed by atoms with Crippen LogP contribution in [0.3, 0.4) is 0 Å². The van der Waals surface area contributed by atoms with E-state index in [0.717, 1.165) is 5.56 Å². The molecule has 1 aliphatic heterocycles. The highest BCUT2D eigenvalue weighted by Crippen LogP contribution is 2.48. The van der Waals surface area contributed by atoms with Gasteiger partial charge < -0.3 is 14.9 Å². The van der Waals surface area contributed by atoms with Gasteiger partial charge in [0.25, 0.3) is 0 Å². The third-order valence-electron chi connectivity index (χ3n) is 3.40. The fraction of sp³-hybridized carbons (Fsp3) is 0.500. The maximum absolute atomic E-state index is 11.4. The van der Waals surface area contributed by atoms with Gasteiger partial charge in [-0.2, -0.15) is 0 Å². The van der Waals surface area contributed by atoms with Crippen LogP contribution in [0.4, 0.5) is 0 Å². The smallest absolute Gasteiger partial charge is 0.310 e. The monoisotopic (exact) mass is 250 g/mol. The van der Waals surface area contributed by atoms with Crippen molar-refractivity contribution >= 4 is 5.97 Å². The first-order chi connectivity index (χ1) is 8.30. The van der Waals surface area contributed by atoms with Crippen LogP contribution in [-0.4, -0.2) is 22.8 Å². The zero-order chi connectivity index (χ0) is 13.5. The second-order valence-corrected chi connectivity index (χ2v) is 5.82. The first-order valence-electron chi connectivity index (χ1n) is 5.99. The average Bonchev–Trinajstić information content (AvgIpc) is 2.25. The molecule has 98 valence electrons. The SMILES string of the molecule is CC(C)(C)C1c2cc(O)ccc2OCC1C(=O)O. The molecule has 0 spiro atoms. The summed E-state index contributed by atoms with van der Waals surface area (Å²) in [4.78, 5) is 11.4. The Balaban J connectivity index is 2.55. The fourth-order valence-corrected chi connectivity index (χ4v) is 2.69. The minimum atomic E-state index is -0.857. The number of rotatable bonds is 1. The summed E-state index contributed by atoms with van der Waals surface area (Å²) in [7, 11) is 0. The van der Waals surface area contributed by atoms with E-state index in [1.54, 1.807) is 18.2 Å². The number of phenolic OH excluding ortho intramolecular Hbond substituents is 1. The van der Waals surface area contributed by atoms with E-state index in [0.29, 0.717) is 5.75 Å². The highest BCUT2D eigenvalue weighted by Gasteiger charge is 2.42. The van der Waals surface area contributed by atoms with E-state index in [1.165, 1.54) is 0 Å². The lowest BCUT2D eigenvalue weighted by atomic mass is 9.68. The molecule has 1 aromatic rings. The fourth-order valence-electron chi connectivity index (χ4n) is 2.69. The Kier molecular flexibility index (Phi) is 2.97. The molecule has 2 atom stereocenters. The average molecular weight is 250 g/mol. The molecule has 1 heterocycles. The van der Waals surface area contributed by atoms with E-state index in [2.05, 4.69) is 0 Å². The minimum Gasteiger partial charge on any atom is -0.508 e. The number of benzene rings is 1. The molecule has 1 aromatic carbocycles. The quantitative estimate of drug-likeness (QED) is 0.804. The molecule has 0 aliphatic carbocycles. The van der Waals surface area contributed by atoms with Gasteiger partial charge in [0.15, 0.2) is 0 Å². The van der Waals surface area contributed by atoms with Crippen LogP contribution in [-0.2, 0) is 4.79 Å². The number of hydrogen-bond donors (Lipinski definition) is 2. The number of aliphatic carboxylic acids is 1. The number of carboxylic acids is 1. The Hall–Kier alpha value is -1.71. The van der Waals surface area contributed by atoms with Crippen molar-refractivity contribution in [2.45, 2.75) is 26.7 Å². The van der Waals surface area contributed by atoms with Crippen molar-refractivity contribution < 1.29 is 19.7 Å². The number of phenols is 1. The van der Waals surface area contributed by atoms with Crippen molar-refractivity contribution in [3.05, 3.63) is 23.8 Å².